The molecule has 0 nitrogen and oxygen atoms in total. The summed E-state index contributed by atoms with van der Waals surface area (Å²) >= 11 is 0. The highest BCUT2D eigenvalue weighted by Gasteiger charge is 2.13. The van der Waals surface area contributed by atoms with Crippen molar-refractivity contribution in [2.24, 2.45) is 5.41 Å². The average Bonchev–Trinajstić information content (AvgIpc) is 2.12. The maximum Gasteiger partial charge on any atom is 0.00919 e. The molecule has 0 saturated heterocycles. The van der Waals surface area contributed by atoms with E-state index in [1.165, 1.54) is 0 Å². The highest BCUT2D eigenvalue weighted by atomic mass is 32.2. The van der Waals surface area contributed by atoms with E-state index in [2.05, 4.69) is 49.5 Å². The van der Waals surface area contributed by atoms with E-state index in [9.17, 15) is 0 Å². The smallest absolute Gasteiger partial charge is 0.00919 e. The van der Waals surface area contributed by atoms with Gasteiger partial charge in [-0.25, -0.2) is 10.9 Å². The first kappa shape index (κ1) is 7.93. The van der Waals surface area contributed by atoms with E-state index in [4.69, 9.17) is 0 Å². The molecule has 1 radical (unpaired) electrons. The predicted molar refractivity (Wildman–Crippen MR) is 51.0 cm³/mol. The number of hydrogen-bond acceptors (Lipinski definition) is 0. The summed E-state index contributed by atoms with van der Waals surface area (Å²) in [6, 6.07) is 0. The lowest BCUT2D eigenvalue weighted by Gasteiger charge is -2.22. The second-order valence-corrected chi connectivity index (χ2v) is 5.37. The second kappa shape index (κ2) is 2.83. The van der Waals surface area contributed by atoms with Crippen molar-refractivity contribution >= 4 is 10.9 Å². The van der Waals surface area contributed by atoms with Gasteiger partial charge in [-0.1, -0.05) is 32.9 Å². The first-order valence-electron chi connectivity index (χ1n) is 3.56. The van der Waals surface area contributed by atoms with Gasteiger partial charge in [-0.2, -0.15) is 0 Å². The van der Waals surface area contributed by atoms with Crippen LogP contribution in [0.4, 0.5) is 0 Å². The van der Waals surface area contributed by atoms with Crippen LogP contribution in [0.3, 0.4) is 0 Å². The van der Waals surface area contributed by atoms with Crippen LogP contribution in [0.15, 0.2) is 23.0 Å². The zero-order valence-corrected chi connectivity index (χ0v) is 7.73. The minimum atomic E-state index is -0.0193. The molecular weight excluding hydrogens is 140 g/mol. The van der Waals surface area contributed by atoms with Crippen LogP contribution >= 0.6 is 10.9 Å². The van der Waals surface area contributed by atoms with Crippen molar-refractivity contribution in [2.45, 2.75) is 20.8 Å². The fraction of sp³-hybridized carbons (Fsp3) is 0.444. The van der Waals surface area contributed by atoms with Gasteiger partial charge in [0.2, 0.25) is 0 Å². The molecule has 0 aromatic heterocycles. The Hall–Kier alpha value is -0.170. The maximum atomic E-state index is 2.42. The predicted octanol–water partition coefficient (Wildman–Crippen LogP) is 3.24. The van der Waals surface area contributed by atoms with Crippen molar-refractivity contribution in [3.05, 3.63) is 28.7 Å². The Kier molecular flexibility index (Phi) is 2.24. The molecule has 1 rings (SSSR count). The van der Waals surface area contributed by atoms with Crippen LogP contribution in [0, 0.1) is 11.2 Å². The summed E-state index contributed by atoms with van der Waals surface area (Å²) < 4.78 is 0. The Morgan fingerprint density at radius 3 is 2.00 bits per heavy atom. The molecular formula is C9H15S. The summed E-state index contributed by atoms with van der Waals surface area (Å²) in [7, 11) is -0.0193. The molecule has 0 aliphatic carbocycles. The third-order valence-corrected chi connectivity index (χ3v) is 3.27. The lowest BCUT2D eigenvalue weighted by atomic mass is 10.0. The molecule has 1 heteroatoms. The standard InChI is InChI=1S/C9H15S/c1-9(2,3)8-10-6-4-5-7-10/h4-8,10H,1-3H3. The van der Waals surface area contributed by atoms with E-state index in [1.807, 2.05) is 0 Å². The van der Waals surface area contributed by atoms with E-state index >= 15 is 0 Å². The van der Waals surface area contributed by atoms with Crippen molar-refractivity contribution in [2.75, 3.05) is 0 Å². The van der Waals surface area contributed by atoms with Crippen LogP contribution in [0.25, 0.3) is 0 Å². The summed E-state index contributed by atoms with van der Waals surface area (Å²) in [4.78, 5) is 0. The first-order valence-corrected chi connectivity index (χ1v) is 5.11. The Morgan fingerprint density at radius 1 is 1.10 bits per heavy atom. The lowest BCUT2D eigenvalue weighted by molar-refractivity contribution is 0.527. The van der Waals surface area contributed by atoms with E-state index in [1.54, 1.807) is 0 Å². The SMILES string of the molecule is CC(C)(C)[CH][SH]1C=CC=C1. The Bertz CT molecular complexity index is 148. The van der Waals surface area contributed by atoms with Crippen LogP contribution in [-0.2, 0) is 0 Å². The minimum absolute atomic E-state index is 0.0193. The normalized spacial score (nSPS) is 20.5. The second-order valence-electron chi connectivity index (χ2n) is 3.63. The zero-order chi connectivity index (χ0) is 7.61. The Labute approximate surface area is 66.4 Å². The summed E-state index contributed by atoms with van der Waals surface area (Å²) in [6.45, 7) is 6.74. The van der Waals surface area contributed by atoms with Crippen molar-refractivity contribution in [1.29, 1.82) is 0 Å². The first-order chi connectivity index (χ1) is 4.58. The molecule has 1 aliphatic heterocycles. The maximum absolute atomic E-state index is 2.42. The molecule has 0 atom stereocenters. The highest BCUT2D eigenvalue weighted by molar-refractivity contribution is 8.24. The van der Waals surface area contributed by atoms with E-state index in [0.29, 0.717) is 5.41 Å². The highest BCUT2D eigenvalue weighted by Crippen LogP contribution is 2.42. The topological polar surface area (TPSA) is 0 Å². The van der Waals surface area contributed by atoms with Crippen molar-refractivity contribution < 1.29 is 0 Å². The van der Waals surface area contributed by atoms with Gasteiger partial charge in [0.05, 0.1) is 0 Å². The molecule has 0 saturated carbocycles. The molecule has 57 valence electrons. The number of allylic oxidation sites excluding steroid dienone is 2. The number of thiol groups is 1. The molecule has 0 fully saturated rings. The summed E-state index contributed by atoms with van der Waals surface area (Å²) in [5.41, 5.74) is 0.366. The molecule has 0 bridgehead atoms. The van der Waals surface area contributed by atoms with E-state index < -0.39 is 0 Å². The quantitative estimate of drug-likeness (QED) is 0.552. The largest absolute Gasteiger partial charge is 0.209 e. The van der Waals surface area contributed by atoms with Crippen molar-refractivity contribution in [3.63, 3.8) is 0 Å². The number of hydrogen-bond donors (Lipinski definition) is 1. The van der Waals surface area contributed by atoms with Gasteiger partial charge in [0, 0.05) is 5.75 Å². The molecule has 1 heterocycles. The third kappa shape index (κ3) is 2.61. The number of rotatable bonds is 1. The van der Waals surface area contributed by atoms with Crippen LogP contribution in [-0.4, -0.2) is 0 Å². The molecule has 0 aromatic carbocycles. The van der Waals surface area contributed by atoms with E-state index in [-0.39, 0.29) is 10.9 Å². The van der Waals surface area contributed by atoms with Crippen molar-refractivity contribution in [1.82, 2.24) is 0 Å². The molecule has 0 aromatic rings. The van der Waals surface area contributed by atoms with Crippen LogP contribution in [0.5, 0.6) is 0 Å². The Morgan fingerprint density at radius 2 is 1.60 bits per heavy atom. The van der Waals surface area contributed by atoms with Crippen LogP contribution in [0.2, 0.25) is 0 Å². The van der Waals surface area contributed by atoms with Crippen LogP contribution < -0.4 is 0 Å². The van der Waals surface area contributed by atoms with Crippen molar-refractivity contribution in [3.8, 4) is 0 Å². The van der Waals surface area contributed by atoms with Gasteiger partial charge in [0.1, 0.15) is 0 Å². The summed E-state index contributed by atoms with van der Waals surface area (Å²) in [5, 5.41) is 4.56. The fourth-order valence-electron chi connectivity index (χ4n) is 0.881. The summed E-state index contributed by atoms with van der Waals surface area (Å²) in [5.74, 6) is 2.42. The molecule has 0 N–H and O–H groups in total. The van der Waals surface area contributed by atoms with Gasteiger partial charge < -0.3 is 0 Å². The minimum Gasteiger partial charge on any atom is -0.209 e. The van der Waals surface area contributed by atoms with Gasteiger partial charge in [-0.15, -0.1) is 0 Å². The molecule has 0 amide bonds. The third-order valence-electron chi connectivity index (χ3n) is 1.16. The van der Waals surface area contributed by atoms with Gasteiger partial charge in [-0.3, -0.25) is 0 Å². The Balaban J connectivity index is 2.40. The molecule has 0 unspecified atom stereocenters. The van der Waals surface area contributed by atoms with E-state index in [0.717, 1.165) is 0 Å². The average molecular weight is 155 g/mol. The summed E-state index contributed by atoms with van der Waals surface area (Å²) in [6.07, 6.45) is 4.27. The van der Waals surface area contributed by atoms with Gasteiger partial charge >= 0.3 is 0 Å². The zero-order valence-electron chi connectivity index (χ0n) is 6.83. The van der Waals surface area contributed by atoms with Gasteiger partial charge in [0.15, 0.2) is 0 Å². The monoisotopic (exact) mass is 155 g/mol. The lowest BCUT2D eigenvalue weighted by Crippen LogP contribution is -2.03. The molecule has 0 spiro atoms. The molecule has 10 heavy (non-hydrogen) atoms. The van der Waals surface area contributed by atoms with Gasteiger partial charge in [-0.05, 0) is 16.2 Å². The van der Waals surface area contributed by atoms with Gasteiger partial charge in [0.25, 0.3) is 0 Å². The molecule has 1 aliphatic rings. The van der Waals surface area contributed by atoms with Crippen LogP contribution in [0.1, 0.15) is 20.8 Å². The fourth-order valence-corrected chi connectivity index (χ4v) is 2.64.